The summed E-state index contributed by atoms with van der Waals surface area (Å²) < 4.78 is 16.5. The van der Waals surface area contributed by atoms with E-state index in [-0.39, 0.29) is 5.78 Å². The van der Waals surface area contributed by atoms with Crippen LogP contribution >= 0.6 is 0 Å². The lowest BCUT2D eigenvalue weighted by atomic mass is 9.95. The van der Waals surface area contributed by atoms with Gasteiger partial charge in [0.1, 0.15) is 6.10 Å². The molecule has 0 spiro atoms. The third kappa shape index (κ3) is 3.07. The zero-order chi connectivity index (χ0) is 15.3. The summed E-state index contributed by atoms with van der Waals surface area (Å²) in [4.78, 5) is 26.2. The molecule has 2 aliphatic rings. The minimum Gasteiger partial charge on any atom is -0.430 e. The number of ether oxygens (including phenoxy) is 3. The first-order chi connectivity index (χ1) is 10.1. The first kappa shape index (κ1) is 15.9. The van der Waals surface area contributed by atoms with Crippen LogP contribution in [0.25, 0.3) is 0 Å². The molecule has 0 aromatic rings. The molecule has 6 nitrogen and oxygen atoms in total. The van der Waals surface area contributed by atoms with E-state index in [4.69, 9.17) is 14.2 Å². The zero-order valence-corrected chi connectivity index (χ0v) is 12.1. The van der Waals surface area contributed by atoms with Crippen molar-refractivity contribution in [2.24, 2.45) is 0 Å². The van der Waals surface area contributed by atoms with E-state index in [2.05, 4.69) is 13.2 Å². The molecule has 0 N–H and O–H groups in total. The van der Waals surface area contributed by atoms with Crippen LogP contribution in [-0.2, 0) is 23.8 Å². The van der Waals surface area contributed by atoms with Crippen molar-refractivity contribution in [2.45, 2.75) is 24.7 Å². The Morgan fingerprint density at radius 3 is 2.43 bits per heavy atom. The summed E-state index contributed by atoms with van der Waals surface area (Å²) >= 11 is 0. The van der Waals surface area contributed by atoms with Gasteiger partial charge in [-0.1, -0.05) is 13.2 Å². The van der Waals surface area contributed by atoms with E-state index in [0.717, 1.165) is 12.5 Å². The molecule has 2 aliphatic heterocycles. The molecule has 0 aromatic carbocycles. The topological polar surface area (TPSA) is 65.1 Å². The number of nitrogens with zero attached hydrogens (tertiary/aromatic N) is 1. The van der Waals surface area contributed by atoms with Crippen LogP contribution in [0.5, 0.6) is 0 Å². The molecular weight excluding hydrogens is 274 g/mol. The molecule has 2 heterocycles. The van der Waals surface area contributed by atoms with Crippen molar-refractivity contribution in [1.82, 2.24) is 4.90 Å². The highest BCUT2D eigenvalue weighted by Crippen LogP contribution is 2.33. The fourth-order valence-electron chi connectivity index (χ4n) is 2.82. The van der Waals surface area contributed by atoms with Gasteiger partial charge < -0.3 is 14.2 Å². The van der Waals surface area contributed by atoms with E-state index >= 15 is 0 Å². The molecule has 0 bridgehead atoms. The fraction of sp³-hybridized carbons (Fsp3) is 0.600. The number of ketones is 1. The molecule has 0 saturated carbocycles. The average molecular weight is 295 g/mol. The quantitative estimate of drug-likeness (QED) is 0.530. The van der Waals surface area contributed by atoms with Crippen LogP contribution in [0.3, 0.4) is 0 Å². The molecule has 6 heteroatoms. The molecule has 2 unspecified atom stereocenters. The van der Waals surface area contributed by atoms with Gasteiger partial charge in [-0.3, -0.25) is 9.69 Å². The van der Waals surface area contributed by atoms with Crippen LogP contribution < -0.4 is 0 Å². The Bertz CT molecular complexity index is 424. The third-order valence-corrected chi connectivity index (χ3v) is 3.81. The van der Waals surface area contributed by atoms with Crippen molar-refractivity contribution in [3.05, 3.63) is 25.3 Å². The van der Waals surface area contributed by atoms with Gasteiger partial charge in [-0.05, 0) is 18.9 Å². The normalized spacial score (nSPS) is 25.8. The second-order valence-electron chi connectivity index (χ2n) is 4.99. The molecule has 0 aromatic heterocycles. The van der Waals surface area contributed by atoms with Gasteiger partial charge in [0.05, 0.1) is 13.2 Å². The lowest BCUT2D eigenvalue weighted by Crippen LogP contribution is -2.66. The smallest absolute Gasteiger partial charge is 0.332 e. The Morgan fingerprint density at radius 2 is 1.90 bits per heavy atom. The lowest BCUT2D eigenvalue weighted by Gasteiger charge is -2.45. The van der Waals surface area contributed by atoms with Gasteiger partial charge >= 0.3 is 5.97 Å². The molecule has 0 amide bonds. The SMILES string of the molecule is C=CC(=O)OC(C(=O)C=C)(C1CCCO1)N1CCOCC1. The summed E-state index contributed by atoms with van der Waals surface area (Å²) in [6.07, 6.45) is 3.23. The first-order valence-corrected chi connectivity index (χ1v) is 7.12. The van der Waals surface area contributed by atoms with E-state index in [0.29, 0.717) is 39.3 Å². The molecule has 2 fully saturated rings. The van der Waals surface area contributed by atoms with Crippen molar-refractivity contribution < 1.29 is 23.8 Å². The predicted octanol–water partition coefficient (Wildman–Crippen LogP) is 0.678. The average Bonchev–Trinajstić information content (AvgIpc) is 3.07. The predicted molar refractivity (Wildman–Crippen MR) is 75.6 cm³/mol. The van der Waals surface area contributed by atoms with Crippen LogP contribution in [0.15, 0.2) is 25.3 Å². The van der Waals surface area contributed by atoms with Gasteiger partial charge in [0.15, 0.2) is 0 Å². The molecule has 2 atom stereocenters. The van der Waals surface area contributed by atoms with E-state index in [1.807, 2.05) is 4.90 Å². The number of hydrogen-bond donors (Lipinski definition) is 0. The second-order valence-corrected chi connectivity index (χ2v) is 4.99. The monoisotopic (exact) mass is 295 g/mol. The minimum atomic E-state index is -1.46. The van der Waals surface area contributed by atoms with Gasteiger partial charge in [0, 0.05) is 25.8 Å². The Balaban J connectivity index is 2.39. The van der Waals surface area contributed by atoms with Gasteiger partial charge in [-0.2, -0.15) is 0 Å². The van der Waals surface area contributed by atoms with E-state index in [1.54, 1.807) is 0 Å². The van der Waals surface area contributed by atoms with Crippen molar-refractivity contribution in [3.8, 4) is 0 Å². The summed E-state index contributed by atoms with van der Waals surface area (Å²) in [5.74, 6) is -1.02. The third-order valence-electron chi connectivity index (χ3n) is 3.81. The van der Waals surface area contributed by atoms with Crippen LogP contribution in [0, 0.1) is 0 Å². The molecule has 2 rings (SSSR count). The number of rotatable bonds is 6. The highest BCUT2D eigenvalue weighted by Gasteiger charge is 2.54. The second kappa shape index (κ2) is 6.98. The number of esters is 1. The van der Waals surface area contributed by atoms with Crippen LogP contribution in [0.4, 0.5) is 0 Å². The largest absolute Gasteiger partial charge is 0.430 e. The summed E-state index contributed by atoms with van der Waals surface area (Å²) in [5.41, 5.74) is -1.46. The Labute approximate surface area is 124 Å². The molecular formula is C15H21NO5. The summed E-state index contributed by atoms with van der Waals surface area (Å²) in [6.45, 7) is 9.43. The van der Waals surface area contributed by atoms with Crippen LogP contribution in [0.1, 0.15) is 12.8 Å². The van der Waals surface area contributed by atoms with Crippen molar-refractivity contribution >= 4 is 11.8 Å². The maximum absolute atomic E-state index is 12.6. The van der Waals surface area contributed by atoms with Crippen LogP contribution in [-0.4, -0.2) is 61.4 Å². The van der Waals surface area contributed by atoms with Gasteiger partial charge in [-0.25, -0.2) is 4.79 Å². The van der Waals surface area contributed by atoms with E-state index in [1.165, 1.54) is 6.08 Å². The Hall–Kier alpha value is -1.50. The van der Waals surface area contributed by atoms with Crippen molar-refractivity contribution in [1.29, 1.82) is 0 Å². The number of carbonyl (C=O) groups excluding carboxylic acids is 2. The Morgan fingerprint density at radius 1 is 1.19 bits per heavy atom. The summed E-state index contributed by atoms with van der Waals surface area (Å²) in [7, 11) is 0. The maximum Gasteiger partial charge on any atom is 0.332 e. The van der Waals surface area contributed by atoms with Gasteiger partial charge in [-0.15, -0.1) is 0 Å². The van der Waals surface area contributed by atoms with Crippen molar-refractivity contribution in [3.63, 3.8) is 0 Å². The molecule has 21 heavy (non-hydrogen) atoms. The molecule has 0 aliphatic carbocycles. The molecule has 0 radical (unpaired) electrons. The lowest BCUT2D eigenvalue weighted by molar-refractivity contribution is -0.218. The highest BCUT2D eigenvalue weighted by molar-refractivity contribution is 5.99. The number of morpholine rings is 1. The van der Waals surface area contributed by atoms with Gasteiger partial charge in [0.2, 0.25) is 5.78 Å². The fourth-order valence-corrected chi connectivity index (χ4v) is 2.82. The molecule has 2 saturated heterocycles. The zero-order valence-electron chi connectivity index (χ0n) is 12.1. The number of carbonyl (C=O) groups is 2. The Kier molecular flexibility index (Phi) is 5.27. The van der Waals surface area contributed by atoms with E-state index in [9.17, 15) is 9.59 Å². The van der Waals surface area contributed by atoms with Crippen molar-refractivity contribution in [2.75, 3.05) is 32.9 Å². The minimum absolute atomic E-state index is 0.369. The molecule has 116 valence electrons. The maximum atomic E-state index is 12.6. The standard InChI is InChI=1S/C15H21NO5/c1-3-12(17)15(21-14(18)4-2,13-6-5-9-20-13)16-7-10-19-11-8-16/h3-4,13H,1-2,5-11H2. The van der Waals surface area contributed by atoms with E-state index < -0.39 is 17.8 Å². The highest BCUT2D eigenvalue weighted by atomic mass is 16.6. The van der Waals surface area contributed by atoms with Gasteiger partial charge in [0.25, 0.3) is 5.72 Å². The number of hydrogen-bond acceptors (Lipinski definition) is 6. The van der Waals surface area contributed by atoms with Crippen LogP contribution in [0.2, 0.25) is 0 Å². The summed E-state index contributed by atoms with van der Waals surface area (Å²) in [6, 6.07) is 0. The summed E-state index contributed by atoms with van der Waals surface area (Å²) in [5, 5.41) is 0. The first-order valence-electron chi connectivity index (χ1n) is 7.12.